The predicted molar refractivity (Wildman–Crippen MR) is 145 cm³/mol. The number of hydrogen-bond donors (Lipinski definition) is 2. The average molecular weight is 506 g/mol. The molecule has 38 heavy (non-hydrogen) atoms. The lowest BCUT2D eigenvalue weighted by molar-refractivity contribution is 0.0697. The normalized spacial score (nSPS) is 10.9. The molecule has 0 unspecified atom stereocenters. The van der Waals surface area contributed by atoms with E-state index in [2.05, 4.69) is 58.7 Å². The Hall–Kier alpha value is -4.85. The van der Waals surface area contributed by atoms with Crippen LogP contribution in [0.1, 0.15) is 41.2 Å². The maximum absolute atomic E-state index is 11.3. The van der Waals surface area contributed by atoms with E-state index in [1.54, 1.807) is 12.1 Å². The Bertz CT molecular complexity index is 1550. The number of H-pyrrole nitrogens is 1. The van der Waals surface area contributed by atoms with Crippen LogP contribution in [0.15, 0.2) is 78.9 Å². The van der Waals surface area contributed by atoms with Gasteiger partial charge in [-0.2, -0.15) is 0 Å². The van der Waals surface area contributed by atoms with Crippen molar-refractivity contribution in [2.24, 2.45) is 0 Å². The third-order valence-electron chi connectivity index (χ3n) is 6.42. The zero-order valence-corrected chi connectivity index (χ0v) is 21.2. The Kier molecular flexibility index (Phi) is 7.21. The minimum atomic E-state index is -0.952. The molecule has 8 nitrogen and oxygen atoms in total. The predicted octanol–water partition coefficient (Wildman–Crippen LogP) is 6.00. The van der Waals surface area contributed by atoms with Crippen LogP contribution < -0.4 is 4.74 Å². The molecule has 3 aromatic carbocycles. The van der Waals surface area contributed by atoms with Gasteiger partial charge in [-0.15, -0.1) is 5.10 Å². The summed E-state index contributed by atoms with van der Waals surface area (Å²) in [5, 5.41) is 23.6. The van der Waals surface area contributed by atoms with Gasteiger partial charge in [-0.3, -0.25) is 4.98 Å². The number of carboxylic acids is 1. The number of carbonyl (C=O) groups is 1. The number of tetrazole rings is 1. The maximum atomic E-state index is 11.3. The van der Waals surface area contributed by atoms with E-state index in [1.165, 1.54) is 0 Å². The highest BCUT2D eigenvalue weighted by molar-refractivity contribution is 5.88. The van der Waals surface area contributed by atoms with Crippen molar-refractivity contribution in [3.8, 4) is 39.4 Å². The van der Waals surface area contributed by atoms with Gasteiger partial charge < -0.3 is 9.84 Å². The van der Waals surface area contributed by atoms with Gasteiger partial charge in [0.15, 0.2) is 5.82 Å². The van der Waals surface area contributed by atoms with Crippen LogP contribution in [-0.4, -0.2) is 36.7 Å². The fourth-order valence-electron chi connectivity index (χ4n) is 4.42. The molecule has 0 aliphatic rings. The van der Waals surface area contributed by atoms with Crippen molar-refractivity contribution in [2.45, 2.75) is 33.3 Å². The van der Waals surface area contributed by atoms with E-state index in [0.29, 0.717) is 12.4 Å². The fraction of sp³-hybridized carbons (Fsp3) is 0.167. The number of aromatic amines is 1. The monoisotopic (exact) mass is 505 g/mol. The van der Waals surface area contributed by atoms with Gasteiger partial charge in [0.25, 0.3) is 0 Å². The number of aryl methyl sites for hydroxylation is 2. The van der Waals surface area contributed by atoms with Crippen molar-refractivity contribution in [2.75, 3.05) is 0 Å². The van der Waals surface area contributed by atoms with E-state index in [1.807, 2.05) is 42.5 Å². The fourth-order valence-corrected chi connectivity index (χ4v) is 4.42. The zero-order chi connectivity index (χ0) is 26.5. The number of nitrogens with one attached hydrogen (secondary N) is 1. The van der Waals surface area contributed by atoms with E-state index in [4.69, 9.17) is 9.72 Å². The minimum absolute atomic E-state index is 0.244. The third kappa shape index (κ3) is 5.15. The van der Waals surface area contributed by atoms with E-state index in [9.17, 15) is 9.90 Å². The minimum Gasteiger partial charge on any atom is -0.488 e. The number of rotatable bonds is 9. The molecule has 0 radical (unpaired) electrons. The van der Waals surface area contributed by atoms with Gasteiger partial charge in [0.1, 0.15) is 12.4 Å². The Morgan fingerprint density at radius 2 is 1.61 bits per heavy atom. The molecule has 5 aromatic rings. The molecule has 0 saturated carbocycles. The Balaban J connectivity index is 1.42. The van der Waals surface area contributed by atoms with E-state index in [-0.39, 0.29) is 5.56 Å². The summed E-state index contributed by atoms with van der Waals surface area (Å²) in [6, 6.07) is 25.0. The van der Waals surface area contributed by atoms with E-state index in [0.717, 1.165) is 63.4 Å². The molecule has 5 rings (SSSR count). The molecule has 0 aliphatic heterocycles. The molecule has 0 aliphatic carbocycles. The summed E-state index contributed by atoms with van der Waals surface area (Å²) < 4.78 is 6.38. The van der Waals surface area contributed by atoms with Gasteiger partial charge in [0.2, 0.25) is 0 Å². The molecule has 0 bridgehead atoms. The number of benzene rings is 3. The zero-order valence-electron chi connectivity index (χ0n) is 21.2. The van der Waals surface area contributed by atoms with Crippen LogP contribution in [0, 0.1) is 0 Å². The highest BCUT2D eigenvalue weighted by Gasteiger charge is 2.16. The van der Waals surface area contributed by atoms with Crippen molar-refractivity contribution in [3.05, 3.63) is 101 Å². The van der Waals surface area contributed by atoms with Crippen molar-refractivity contribution in [1.82, 2.24) is 25.6 Å². The summed E-state index contributed by atoms with van der Waals surface area (Å²) in [5.41, 5.74) is 7.93. The second kappa shape index (κ2) is 11.0. The largest absolute Gasteiger partial charge is 0.488 e. The molecule has 8 heteroatoms. The number of ether oxygens (including phenoxy) is 1. The maximum Gasteiger partial charge on any atom is 0.335 e. The molecular weight excluding hydrogens is 478 g/mol. The van der Waals surface area contributed by atoms with E-state index >= 15 is 0 Å². The van der Waals surface area contributed by atoms with Gasteiger partial charge in [-0.1, -0.05) is 74.5 Å². The van der Waals surface area contributed by atoms with Gasteiger partial charge in [0, 0.05) is 22.9 Å². The SMILES string of the molecule is CCc1cc(OCc2ccc(-c3ccccc3-c3nnn[nH]3)cc2)c(-c2ccc(C(=O)O)cc2)c(CC)n1. The summed E-state index contributed by atoms with van der Waals surface area (Å²) in [4.78, 5) is 16.1. The quantitative estimate of drug-likeness (QED) is 0.253. The van der Waals surface area contributed by atoms with Crippen molar-refractivity contribution in [1.29, 1.82) is 0 Å². The lowest BCUT2D eigenvalue weighted by Gasteiger charge is -2.17. The highest BCUT2D eigenvalue weighted by atomic mass is 16.5. The summed E-state index contributed by atoms with van der Waals surface area (Å²) in [5.74, 6) is 0.406. The molecule has 0 spiro atoms. The number of nitrogens with zero attached hydrogens (tertiary/aromatic N) is 4. The summed E-state index contributed by atoms with van der Waals surface area (Å²) in [7, 11) is 0. The van der Waals surface area contributed by atoms with Gasteiger partial charge in [-0.05, 0) is 57.7 Å². The first kappa shape index (κ1) is 24.8. The van der Waals surface area contributed by atoms with Crippen LogP contribution in [0.25, 0.3) is 33.6 Å². The van der Waals surface area contributed by atoms with Crippen LogP contribution >= 0.6 is 0 Å². The third-order valence-corrected chi connectivity index (χ3v) is 6.42. The van der Waals surface area contributed by atoms with Gasteiger partial charge >= 0.3 is 5.97 Å². The molecule has 190 valence electrons. The van der Waals surface area contributed by atoms with Crippen LogP contribution in [0.2, 0.25) is 0 Å². The summed E-state index contributed by atoms with van der Waals surface area (Å²) in [6.45, 7) is 4.51. The summed E-state index contributed by atoms with van der Waals surface area (Å²) >= 11 is 0. The Labute approximate surface area is 220 Å². The first-order chi connectivity index (χ1) is 18.6. The number of hydrogen-bond acceptors (Lipinski definition) is 6. The van der Waals surface area contributed by atoms with Crippen LogP contribution in [0.3, 0.4) is 0 Å². The first-order valence-electron chi connectivity index (χ1n) is 12.5. The number of pyridine rings is 1. The Morgan fingerprint density at radius 1 is 0.895 bits per heavy atom. The van der Waals surface area contributed by atoms with E-state index < -0.39 is 5.97 Å². The smallest absolute Gasteiger partial charge is 0.335 e. The van der Waals surface area contributed by atoms with Crippen LogP contribution in [0.5, 0.6) is 5.75 Å². The number of aromatic carboxylic acids is 1. The van der Waals surface area contributed by atoms with Gasteiger partial charge in [0.05, 0.1) is 11.3 Å². The second-order valence-corrected chi connectivity index (χ2v) is 8.80. The first-order valence-corrected chi connectivity index (χ1v) is 12.5. The number of carboxylic acid groups (broad SMARTS) is 1. The molecule has 2 heterocycles. The lowest BCUT2D eigenvalue weighted by Crippen LogP contribution is -2.04. The molecule has 0 atom stereocenters. The Morgan fingerprint density at radius 3 is 2.24 bits per heavy atom. The second-order valence-electron chi connectivity index (χ2n) is 8.80. The topological polar surface area (TPSA) is 114 Å². The van der Waals surface area contributed by atoms with Crippen molar-refractivity contribution < 1.29 is 14.6 Å². The highest BCUT2D eigenvalue weighted by Crippen LogP contribution is 2.35. The van der Waals surface area contributed by atoms with Crippen molar-refractivity contribution in [3.63, 3.8) is 0 Å². The van der Waals surface area contributed by atoms with Crippen LogP contribution in [0.4, 0.5) is 0 Å². The lowest BCUT2D eigenvalue weighted by atomic mass is 9.98. The molecule has 0 saturated heterocycles. The van der Waals surface area contributed by atoms with Gasteiger partial charge in [-0.25, -0.2) is 9.89 Å². The molecule has 0 fully saturated rings. The molecule has 0 amide bonds. The average Bonchev–Trinajstić information content (AvgIpc) is 3.51. The summed E-state index contributed by atoms with van der Waals surface area (Å²) in [6.07, 6.45) is 1.52. The molecular formula is C30H27N5O3. The standard InChI is InChI=1S/C30H27N5O3/c1-3-23-17-27(28(26(4-2)31-23)21-13-15-22(16-14-21)30(36)37)38-18-19-9-11-20(12-10-19)24-7-5-6-8-25(24)29-32-34-35-33-29/h5-17H,3-4,18H2,1-2H3,(H,36,37)(H,32,33,34,35). The molecule has 2 N–H and O–H groups in total. The number of aromatic nitrogens is 5. The van der Waals surface area contributed by atoms with Crippen molar-refractivity contribution >= 4 is 5.97 Å². The molecule has 2 aromatic heterocycles. The van der Waals surface area contributed by atoms with Crippen LogP contribution in [-0.2, 0) is 19.4 Å².